The topological polar surface area (TPSA) is 58.6 Å². The van der Waals surface area contributed by atoms with Crippen LogP contribution in [0, 0.1) is 0 Å². The number of carboxylic acid groups (broad SMARTS) is 1. The number of carbonyl (C=O) groups is 1. The van der Waals surface area contributed by atoms with E-state index in [4.69, 9.17) is 33.0 Å². The zero-order valence-electron chi connectivity index (χ0n) is 13.7. The molecular weight excluding hydrogens is 509 g/mol. The van der Waals surface area contributed by atoms with Gasteiger partial charge in [0.05, 0.1) is 19.7 Å². The second-order valence-corrected chi connectivity index (χ2v) is 7.75. The Hall–Kier alpha value is -1.21. The highest BCUT2D eigenvalue weighted by Crippen LogP contribution is 2.37. The molecule has 0 aliphatic carbocycles. The lowest BCUT2D eigenvalue weighted by Gasteiger charge is -2.15. The van der Waals surface area contributed by atoms with Crippen molar-refractivity contribution in [3.8, 4) is 5.75 Å². The molecule has 0 amide bonds. The van der Waals surface area contributed by atoms with Gasteiger partial charge in [-0.2, -0.15) is 0 Å². The van der Waals surface area contributed by atoms with Crippen molar-refractivity contribution in [2.75, 3.05) is 11.9 Å². The summed E-state index contributed by atoms with van der Waals surface area (Å²) in [4.78, 5) is 10.6. The quantitative estimate of drug-likeness (QED) is 0.400. The number of ether oxygens (including phenoxy) is 1. The molecule has 0 aliphatic rings. The van der Waals surface area contributed by atoms with Crippen molar-refractivity contribution in [1.82, 2.24) is 0 Å². The highest BCUT2D eigenvalue weighted by molar-refractivity contribution is 9.11. The maximum atomic E-state index is 10.6. The van der Waals surface area contributed by atoms with Gasteiger partial charge < -0.3 is 15.2 Å². The molecule has 138 valence electrons. The Balaban J connectivity index is 2.24. The fourth-order valence-electron chi connectivity index (χ4n) is 2.20. The second kappa shape index (κ2) is 9.65. The molecule has 0 atom stereocenters. The molecule has 8 heteroatoms. The first-order valence-electron chi connectivity index (χ1n) is 7.56. The van der Waals surface area contributed by atoms with Crippen LogP contribution in [-0.4, -0.2) is 17.6 Å². The van der Waals surface area contributed by atoms with Gasteiger partial charge in [-0.05, 0) is 74.7 Å². The Kier molecular flexibility index (Phi) is 7.83. The number of hydrogen-bond donors (Lipinski definition) is 2. The van der Waals surface area contributed by atoms with Crippen LogP contribution in [-0.2, 0) is 11.4 Å². The van der Waals surface area contributed by atoms with Gasteiger partial charge in [0, 0.05) is 23.2 Å². The Morgan fingerprint density at radius 1 is 1.23 bits per heavy atom. The fourth-order valence-corrected chi connectivity index (χ4v) is 4.12. The number of anilines is 1. The second-order valence-electron chi connectivity index (χ2n) is 5.23. The average molecular weight is 524 g/mol. The molecule has 26 heavy (non-hydrogen) atoms. The van der Waals surface area contributed by atoms with Gasteiger partial charge in [0.25, 0.3) is 0 Å². The van der Waals surface area contributed by atoms with E-state index in [2.05, 4.69) is 37.2 Å². The Bertz CT molecular complexity index is 834. The van der Waals surface area contributed by atoms with E-state index >= 15 is 0 Å². The minimum atomic E-state index is -1.01. The van der Waals surface area contributed by atoms with Gasteiger partial charge in [0.15, 0.2) is 0 Å². The molecule has 0 aromatic heterocycles. The molecule has 4 nitrogen and oxygen atoms in total. The summed E-state index contributed by atoms with van der Waals surface area (Å²) in [5, 5.41) is 13.0. The van der Waals surface area contributed by atoms with E-state index in [0.29, 0.717) is 30.3 Å². The maximum absolute atomic E-state index is 10.6. The Morgan fingerprint density at radius 3 is 2.46 bits per heavy atom. The normalized spacial score (nSPS) is 11.0. The van der Waals surface area contributed by atoms with E-state index in [1.165, 1.54) is 6.08 Å². The predicted octanol–water partition coefficient (Wildman–Crippen LogP) is 6.63. The molecule has 0 fully saturated rings. The number of benzene rings is 2. The number of hydrogen-bond acceptors (Lipinski definition) is 3. The van der Waals surface area contributed by atoms with Crippen molar-refractivity contribution in [1.29, 1.82) is 0 Å². The van der Waals surface area contributed by atoms with Crippen molar-refractivity contribution in [3.05, 3.63) is 60.5 Å². The number of rotatable bonds is 7. The zero-order valence-corrected chi connectivity index (χ0v) is 18.3. The van der Waals surface area contributed by atoms with Crippen molar-refractivity contribution in [2.24, 2.45) is 0 Å². The maximum Gasteiger partial charge on any atom is 0.328 e. The van der Waals surface area contributed by atoms with E-state index in [1.807, 2.05) is 6.92 Å². The molecule has 0 spiro atoms. The van der Waals surface area contributed by atoms with Crippen LogP contribution in [0.25, 0.3) is 6.08 Å². The molecular formula is C18H15Br2Cl2NO3. The molecule has 0 heterocycles. The highest BCUT2D eigenvalue weighted by Gasteiger charge is 2.12. The van der Waals surface area contributed by atoms with Crippen LogP contribution < -0.4 is 10.1 Å². The van der Waals surface area contributed by atoms with Gasteiger partial charge in [-0.25, -0.2) is 4.79 Å². The number of nitrogens with one attached hydrogen (secondary N) is 1. The van der Waals surface area contributed by atoms with E-state index in [1.54, 1.807) is 24.3 Å². The first-order valence-corrected chi connectivity index (χ1v) is 9.90. The van der Waals surface area contributed by atoms with E-state index < -0.39 is 5.97 Å². The van der Waals surface area contributed by atoms with Crippen LogP contribution in [0.15, 0.2) is 39.3 Å². The van der Waals surface area contributed by atoms with Gasteiger partial charge in [0.2, 0.25) is 0 Å². The minimum Gasteiger partial charge on any atom is -0.486 e. The third-order valence-corrected chi connectivity index (χ3v) is 5.13. The van der Waals surface area contributed by atoms with Gasteiger partial charge in [-0.15, -0.1) is 0 Å². The van der Waals surface area contributed by atoms with E-state index in [-0.39, 0.29) is 6.61 Å². The number of halogens is 4. The summed E-state index contributed by atoms with van der Waals surface area (Å²) in [7, 11) is 0. The zero-order chi connectivity index (χ0) is 19.3. The molecule has 2 aromatic rings. The molecule has 2 N–H and O–H groups in total. The van der Waals surface area contributed by atoms with E-state index in [9.17, 15) is 4.79 Å². The molecule has 0 aliphatic heterocycles. The van der Waals surface area contributed by atoms with Crippen LogP contribution in [0.3, 0.4) is 0 Å². The van der Waals surface area contributed by atoms with Crippen molar-refractivity contribution in [2.45, 2.75) is 13.5 Å². The standard InChI is InChI=1S/C18H15Br2Cl2NO3/c1-2-23-15-8-12(21)7-11(17(15)22)9-26-18-13(19)5-10(6-14(18)20)3-4-16(24)25/h3-8,23H,2,9H2,1H3,(H,24,25). The van der Waals surface area contributed by atoms with Gasteiger partial charge >= 0.3 is 5.97 Å². The van der Waals surface area contributed by atoms with E-state index in [0.717, 1.165) is 23.9 Å². The van der Waals surface area contributed by atoms with Gasteiger partial charge in [-0.3, -0.25) is 0 Å². The largest absolute Gasteiger partial charge is 0.486 e. The third-order valence-electron chi connectivity index (χ3n) is 3.29. The first kappa shape index (κ1) is 21.1. The van der Waals surface area contributed by atoms with Gasteiger partial charge in [0.1, 0.15) is 12.4 Å². The molecule has 2 rings (SSSR count). The summed E-state index contributed by atoms with van der Waals surface area (Å²) in [6, 6.07) is 7.06. The molecule has 0 saturated heterocycles. The fraction of sp³-hybridized carbons (Fsp3) is 0.167. The Morgan fingerprint density at radius 2 is 1.88 bits per heavy atom. The lowest BCUT2D eigenvalue weighted by Crippen LogP contribution is -2.02. The molecule has 0 bridgehead atoms. The number of aliphatic carboxylic acids is 1. The van der Waals surface area contributed by atoms with Crippen LogP contribution in [0.1, 0.15) is 18.1 Å². The first-order chi connectivity index (χ1) is 12.3. The van der Waals surface area contributed by atoms with Crippen LogP contribution in [0.5, 0.6) is 5.75 Å². The predicted molar refractivity (Wildman–Crippen MR) is 113 cm³/mol. The average Bonchev–Trinajstić information content (AvgIpc) is 2.56. The molecule has 0 unspecified atom stereocenters. The lowest BCUT2D eigenvalue weighted by molar-refractivity contribution is -0.131. The summed E-state index contributed by atoms with van der Waals surface area (Å²) in [6.07, 6.45) is 2.57. The highest BCUT2D eigenvalue weighted by atomic mass is 79.9. The van der Waals surface area contributed by atoms with Crippen molar-refractivity contribution < 1.29 is 14.6 Å². The summed E-state index contributed by atoms with van der Waals surface area (Å²) < 4.78 is 7.26. The molecule has 2 aromatic carbocycles. The molecule has 0 saturated carbocycles. The summed E-state index contributed by atoms with van der Waals surface area (Å²) in [5.41, 5.74) is 2.23. The monoisotopic (exact) mass is 521 g/mol. The van der Waals surface area contributed by atoms with Crippen molar-refractivity contribution >= 4 is 72.8 Å². The number of carboxylic acids is 1. The smallest absolute Gasteiger partial charge is 0.328 e. The summed E-state index contributed by atoms with van der Waals surface area (Å²) in [6.45, 7) is 2.92. The van der Waals surface area contributed by atoms with Crippen LogP contribution in [0.4, 0.5) is 5.69 Å². The van der Waals surface area contributed by atoms with Crippen LogP contribution >= 0.6 is 55.1 Å². The lowest BCUT2D eigenvalue weighted by atomic mass is 10.2. The summed E-state index contributed by atoms with van der Waals surface area (Å²) >= 11 is 19.5. The third kappa shape index (κ3) is 5.64. The van der Waals surface area contributed by atoms with Crippen molar-refractivity contribution in [3.63, 3.8) is 0 Å². The SMILES string of the molecule is CCNc1cc(Cl)cc(COc2c(Br)cc(C=CC(=O)O)cc2Br)c1Cl. The molecule has 0 radical (unpaired) electrons. The van der Waals surface area contributed by atoms with Crippen LogP contribution in [0.2, 0.25) is 10.0 Å². The Labute approximate surface area is 178 Å². The summed E-state index contributed by atoms with van der Waals surface area (Å²) in [5.74, 6) is -0.428. The minimum absolute atomic E-state index is 0.222. The van der Waals surface area contributed by atoms with Gasteiger partial charge in [-0.1, -0.05) is 23.2 Å².